The van der Waals surface area contributed by atoms with Crippen LogP contribution in [0, 0.1) is 0 Å². The third kappa shape index (κ3) is 15.8. The molecule has 0 bridgehead atoms. The fourth-order valence-corrected chi connectivity index (χ4v) is 5.16. The Balaban J connectivity index is 1.44. The summed E-state index contributed by atoms with van der Waals surface area (Å²) in [4.78, 5) is 30.2. The van der Waals surface area contributed by atoms with Crippen molar-refractivity contribution in [3.63, 3.8) is 0 Å². The van der Waals surface area contributed by atoms with Gasteiger partial charge in [0.2, 0.25) is 0 Å². The Bertz CT molecular complexity index is 1020. The lowest BCUT2D eigenvalue weighted by molar-refractivity contribution is 0.00889. The molecule has 2 amide bonds. The third-order valence-corrected chi connectivity index (χ3v) is 8.08. The molecule has 0 radical (unpaired) electrons. The van der Waals surface area contributed by atoms with Gasteiger partial charge in [0, 0.05) is 37.3 Å². The molecular formula is C38H58N2O8. The van der Waals surface area contributed by atoms with E-state index in [-0.39, 0.29) is 11.8 Å². The molecule has 1 aliphatic heterocycles. The highest BCUT2D eigenvalue weighted by Gasteiger charge is 2.18. The second-order valence-electron chi connectivity index (χ2n) is 11.9. The second kappa shape index (κ2) is 24.9. The van der Waals surface area contributed by atoms with Crippen LogP contribution in [-0.2, 0) is 18.9 Å². The maximum absolute atomic E-state index is 13.3. The molecule has 10 heteroatoms. The van der Waals surface area contributed by atoms with E-state index in [0.29, 0.717) is 103 Å². The number of carbonyl (C=O) groups is 2. The highest BCUT2D eigenvalue weighted by molar-refractivity contribution is 5.94. The quantitative estimate of drug-likeness (QED) is 0.217. The Kier molecular flexibility index (Phi) is 20.4. The zero-order valence-corrected chi connectivity index (χ0v) is 29.3. The van der Waals surface area contributed by atoms with E-state index < -0.39 is 0 Å². The van der Waals surface area contributed by atoms with Gasteiger partial charge in [0.05, 0.1) is 66.1 Å². The average molecular weight is 671 g/mol. The normalized spacial score (nSPS) is 16.1. The van der Waals surface area contributed by atoms with Crippen molar-refractivity contribution >= 4 is 11.8 Å². The first kappa shape index (κ1) is 39.3. The van der Waals surface area contributed by atoms with Gasteiger partial charge in [-0.15, -0.1) is 0 Å². The number of hydrogen-bond acceptors (Lipinski definition) is 8. The van der Waals surface area contributed by atoms with Crippen molar-refractivity contribution in [2.75, 3.05) is 92.2 Å². The summed E-state index contributed by atoms with van der Waals surface area (Å²) in [6.45, 7) is 10.5. The minimum atomic E-state index is -0.0760. The molecule has 0 N–H and O–H groups in total. The van der Waals surface area contributed by atoms with E-state index >= 15 is 0 Å². The molecule has 0 spiro atoms. The number of ether oxygens (including phenoxy) is 6. The molecule has 0 saturated carbocycles. The van der Waals surface area contributed by atoms with Crippen LogP contribution in [0.15, 0.2) is 48.5 Å². The predicted molar refractivity (Wildman–Crippen MR) is 187 cm³/mol. The Hall–Kier alpha value is -3.18. The standard InChI is InChI=1S/C38H58N2O8/c1-3-5-7-9-23-47-35-15-11-33(12-16-35)37(41)39-19-25-43-29-31-45-27-21-40(22-28-46-32-30-44-26-20-39)38(42)34-13-17-36(18-14-34)48-24-10-8-6-4-2/h11-18H,3-10,19-32H2,1-2H3. The van der Waals surface area contributed by atoms with Crippen LogP contribution < -0.4 is 9.47 Å². The zero-order valence-electron chi connectivity index (χ0n) is 29.3. The molecule has 3 rings (SSSR count). The molecule has 1 saturated heterocycles. The van der Waals surface area contributed by atoms with Crippen LogP contribution in [0.1, 0.15) is 85.9 Å². The molecule has 0 aromatic heterocycles. The van der Waals surface area contributed by atoms with E-state index in [4.69, 9.17) is 28.4 Å². The van der Waals surface area contributed by atoms with Crippen molar-refractivity contribution in [1.29, 1.82) is 0 Å². The molecule has 1 aliphatic rings. The first-order valence-corrected chi connectivity index (χ1v) is 18.0. The van der Waals surface area contributed by atoms with E-state index in [1.807, 2.05) is 48.5 Å². The van der Waals surface area contributed by atoms with E-state index in [0.717, 1.165) is 37.2 Å². The van der Waals surface area contributed by atoms with Crippen molar-refractivity contribution in [1.82, 2.24) is 9.80 Å². The van der Waals surface area contributed by atoms with Gasteiger partial charge < -0.3 is 38.2 Å². The van der Waals surface area contributed by atoms with Gasteiger partial charge >= 0.3 is 0 Å². The van der Waals surface area contributed by atoms with Crippen LogP contribution >= 0.6 is 0 Å². The Morgan fingerprint density at radius 2 is 0.833 bits per heavy atom. The van der Waals surface area contributed by atoms with Crippen molar-refractivity contribution in [3.8, 4) is 11.5 Å². The Morgan fingerprint density at radius 1 is 0.500 bits per heavy atom. The zero-order chi connectivity index (χ0) is 34.1. The summed E-state index contributed by atoms with van der Waals surface area (Å²) in [6, 6.07) is 14.7. The molecule has 0 unspecified atom stereocenters. The molecule has 2 aromatic rings. The number of benzene rings is 2. The molecule has 1 heterocycles. The van der Waals surface area contributed by atoms with Crippen molar-refractivity contribution < 1.29 is 38.0 Å². The summed E-state index contributed by atoms with van der Waals surface area (Å²) in [5, 5.41) is 0. The monoisotopic (exact) mass is 670 g/mol. The number of nitrogens with zero attached hydrogens (tertiary/aromatic N) is 2. The number of hydrogen-bond donors (Lipinski definition) is 0. The predicted octanol–water partition coefficient (Wildman–Crippen LogP) is 6.27. The summed E-state index contributed by atoms with van der Waals surface area (Å²) >= 11 is 0. The number of rotatable bonds is 14. The minimum Gasteiger partial charge on any atom is -0.494 e. The highest BCUT2D eigenvalue weighted by Crippen LogP contribution is 2.16. The van der Waals surface area contributed by atoms with Crippen LogP contribution in [0.5, 0.6) is 11.5 Å². The first-order chi connectivity index (χ1) is 23.6. The summed E-state index contributed by atoms with van der Waals surface area (Å²) in [6.07, 6.45) is 9.20. The molecule has 268 valence electrons. The summed E-state index contributed by atoms with van der Waals surface area (Å²) in [7, 11) is 0. The van der Waals surface area contributed by atoms with E-state index in [1.165, 1.54) is 25.7 Å². The molecule has 48 heavy (non-hydrogen) atoms. The van der Waals surface area contributed by atoms with Gasteiger partial charge in [-0.1, -0.05) is 52.4 Å². The van der Waals surface area contributed by atoms with Crippen LogP contribution in [0.4, 0.5) is 0 Å². The van der Waals surface area contributed by atoms with E-state index in [1.54, 1.807) is 9.80 Å². The average Bonchev–Trinajstić information content (AvgIpc) is 3.11. The lowest BCUT2D eigenvalue weighted by atomic mass is 10.2. The number of amides is 2. The van der Waals surface area contributed by atoms with Crippen molar-refractivity contribution in [3.05, 3.63) is 59.7 Å². The smallest absolute Gasteiger partial charge is 0.254 e. The Morgan fingerprint density at radius 3 is 1.15 bits per heavy atom. The van der Waals surface area contributed by atoms with Gasteiger partial charge in [-0.25, -0.2) is 0 Å². The molecule has 10 nitrogen and oxygen atoms in total. The first-order valence-electron chi connectivity index (χ1n) is 18.0. The second-order valence-corrected chi connectivity index (χ2v) is 11.9. The van der Waals surface area contributed by atoms with Gasteiger partial charge in [-0.05, 0) is 61.4 Å². The highest BCUT2D eigenvalue weighted by atomic mass is 16.5. The molecule has 0 atom stereocenters. The van der Waals surface area contributed by atoms with Gasteiger partial charge in [0.1, 0.15) is 11.5 Å². The summed E-state index contributed by atoms with van der Waals surface area (Å²) in [5.74, 6) is 1.39. The van der Waals surface area contributed by atoms with Gasteiger partial charge in [-0.2, -0.15) is 0 Å². The van der Waals surface area contributed by atoms with E-state index in [2.05, 4.69) is 13.8 Å². The lowest BCUT2D eigenvalue weighted by Crippen LogP contribution is -2.38. The molecule has 0 aliphatic carbocycles. The fourth-order valence-electron chi connectivity index (χ4n) is 5.16. The summed E-state index contributed by atoms with van der Waals surface area (Å²) in [5.41, 5.74) is 1.20. The third-order valence-electron chi connectivity index (χ3n) is 8.08. The van der Waals surface area contributed by atoms with Gasteiger partial charge in [-0.3, -0.25) is 9.59 Å². The number of unbranched alkanes of at least 4 members (excludes halogenated alkanes) is 6. The molecule has 2 aromatic carbocycles. The minimum absolute atomic E-state index is 0.0760. The largest absolute Gasteiger partial charge is 0.494 e. The van der Waals surface area contributed by atoms with Gasteiger partial charge in [0.15, 0.2) is 0 Å². The summed E-state index contributed by atoms with van der Waals surface area (Å²) < 4.78 is 34.9. The molecular weight excluding hydrogens is 612 g/mol. The van der Waals surface area contributed by atoms with Crippen LogP contribution in [-0.4, -0.2) is 114 Å². The van der Waals surface area contributed by atoms with Crippen LogP contribution in [0.2, 0.25) is 0 Å². The SMILES string of the molecule is CCCCCCOc1ccc(C(=O)N2CCOCCOCCN(C(=O)c3ccc(OCCCCCC)cc3)CCOCCOCC2)cc1. The van der Waals surface area contributed by atoms with Crippen LogP contribution in [0.3, 0.4) is 0 Å². The maximum atomic E-state index is 13.3. The molecule has 1 fully saturated rings. The van der Waals surface area contributed by atoms with Crippen molar-refractivity contribution in [2.45, 2.75) is 65.2 Å². The number of carbonyl (C=O) groups excluding carboxylic acids is 2. The Labute approximate surface area is 287 Å². The topological polar surface area (TPSA) is 96.0 Å². The maximum Gasteiger partial charge on any atom is 0.254 e. The van der Waals surface area contributed by atoms with Crippen molar-refractivity contribution in [2.24, 2.45) is 0 Å². The van der Waals surface area contributed by atoms with E-state index in [9.17, 15) is 9.59 Å². The van der Waals surface area contributed by atoms with Crippen LogP contribution in [0.25, 0.3) is 0 Å². The van der Waals surface area contributed by atoms with Gasteiger partial charge in [0.25, 0.3) is 11.8 Å². The fraction of sp³-hybridized carbons (Fsp3) is 0.632. The lowest BCUT2D eigenvalue weighted by Gasteiger charge is -2.24.